The summed E-state index contributed by atoms with van der Waals surface area (Å²) in [6.45, 7) is 1.79. The fourth-order valence-corrected chi connectivity index (χ4v) is 2.86. The number of aryl methyl sites for hydroxylation is 1. The summed E-state index contributed by atoms with van der Waals surface area (Å²) in [4.78, 5) is 8.36. The molecule has 0 spiro atoms. The maximum Gasteiger partial charge on any atom is 0.419 e. The molecule has 1 aliphatic rings. The van der Waals surface area contributed by atoms with E-state index in [9.17, 15) is 17.6 Å². The Balaban J connectivity index is 1.71. The zero-order chi connectivity index (χ0) is 17.8. The molecule has 0 N–H and O–H groups in total. The van der Waals surface area contributed by atoms with Crippen LogP contribution in [0.4, 0.5) is 17.6 Å². The van der Waals surface area contributed by atoms with Gasteiger partial charge in [0.2, 0.25) is 11.7 Å². The van der Waals surface area contributed by atoms with Crippen molar-refractivity contribution in [2.24, 2.45) is 0 Å². The van der Waals surface area contributed by atoms with Crippen LogP contribution in [0.3, 0.4) is 0 Å². The van der Waals surface area contributed by atoms with Crippen LogP contribution in [0.5, 0.6) is 5.88 Å². The van der Waals surface area contributed by atoms with Gasteiger partial charge in [-0.2, -0.15) is 13.2 Å². The number of imidazole rings is 1. The average Bonchev–Trinajstić information content (AvgIpc) is 3.14. The van der Waals surface area contributed by atoms with Crippen molar-refractivity contribution < 1.29 is 22.3 Å². The summed E-state index contributed by atoms with van der Waals surface area (Å²) in [5.41, 5.74) is -1.01. The number of fused-ring (bicyclic) bond motifs is 1. The third-order valence-electron chi connectivity index (χ3n) is 4.27. The number of benzene rings is 1. The highest BCUT2D eigenvalue weighted by molar-refractivity contribution is 5.38. The van der Waals surface area contributed by atoms with Crippen molar-refractivity contribution in [3.8, 4) is 5.88 Å². The topological polar surface area (TPSA) is 39.4 Å². The van der Waals surface area contributed by atoms with Crippen LogP contribution in [-0.2, 0) is 11.8 Å². The molecule has 3 aromatic rings. The van der Waals surface area contributed by atoms with Gasteiger partial charge in [0.1, 0.15) is 11.4 Å². The predicted octanol–water partition coefficient (Wildman–Crippen LogP) is 4.26. The fraction of sp³-hybridized carbons (Fsp3) is 0.294. The quantitative estimate of drug-likeness (QED) is 0.662. The first kappa shape index (κ1) is 15.9. The molecule has 2 heterocycles. The molecule has 1 fully saturated rings. The van der Waals surface area contributed by atoms with Gasteiger partial charge in [0.05, 0.1) is 5.56 Å². The lowest BCUT2D eigenvalue weighted by Crippen LogP contribution is -2.19. The van der Waals surface area contributed by atoms with Gasteiger partial charge in [-0.1, -0.05) is 6.07 Å². The minimum Gasteiger partial charge on any atom is -0.467 e. The number of ether oxygens (including phenoxy) is 1. The Hall–Kier alpha value is -2.64. The summed E-state index contributed by atoms with van der Waals surface area (Å²) in [5, 5.41) is 0. The standard InChI is InChI=1S/C17H13F4N3O/c1-10-8-14(24-7-6-22-15(24)23-10)25-16(4-5-16)11-2-3-12(13(18)9-11)17(19,20)21/h2-3,6-9H,4-5H2,1H3. The molecule has 4 rings (SSSR count). The third kappa shape index (κ3) is 2.71. The number of aromatic nitrogens is 3. The van der Waals surface area contributed by atoms with Crippen LogP contribution >= 0.6 is 0 Å². The van der Waals surface area contributed by atoms with Gasteiger partial charge in [-0.3, -0.25) is 4.40 Å². The van der Waals surface area contributed by atoms with Gasteiger partial charge in [-0.25, -0.2) is 14.4 Å². The Labute approximate surface area is 140 Å². The van der Waals surface area contributed by atoms with Crippen LogP contribution < -0.4 is 4.74 Å². The first-order chi connectivity index (χ1) is 11.8. The van der Waals surface area contributed by atoms with Gasteiger partial charge < -0.3 is 4.74 Å². The third-order valence-corrected chi connectivity index (χ3v) is 4.27. The first-order valence-electron chi connectivity index (χ1n) is 7.65. The number of halogens is 4. The fourth-order valence-electron chi connectivity index (χ4n) is 2.86. The number of nitrogens with zero attached hydrogens (tertiary/aromatic N) is 3. The Bertz CT molecular complexity index is 960. The van der Waals surface area contributed by atoms with Crippen LogP contribution in [0, 0.1) is 12.7 Å². The van der Waals surface area contributed by atoms with E-state index in [0.717, 1.165) is 12.1 Å². The highest BCUT2D eigenvalue weighted by Crippen LogP contribution is 2.50. The van der Waals surface area contributed by atoms with E-state index in [1.54, 1.807) is 29.8 Å². The highest BCUT2D eigenvalue weighted by atomic mass is 19.4. The Morgan fingerprint density at radius 1 is 1.20 bits per heavy atom. The Morgan fingerprint density at radius 3 is 2.60 bits per heavy atom. The summed E-state index contributed by atoms with van der Waals surface area (Å²) in [6.07, 6.45) is -0.275. The smallest absolute Gasteiger partial charge is 0.419 e. The predicted molar refractivity (Wildman–Crippen MR) is 80.7 cm³/mol. The van der Waals surface area contributed by atoms with Crippen molar-refractivity contribution in [1.82, 2.24) is 14.4 Å². The Kier molecular flexibility index (Phi) is 3.28. The van der Waals surface area contributed by atoms with Crippen LogP contribution in [-0.4, -0.2) is 14.4 Å². The molecular weight excluding hydrogens is 338 g/mol. The second-order valence-electron chi connectivity index (χ2n) is 6.12. The maximum atomic E-state index is 13.9. The molecule has 0 saturated heterocycles. The van der Waals surface area contributed by atoms with Crippen molar-refractivity contribution in [2.45, 2.75) is 31.5 Å². The van der Waals surface area contributed by atoms with E-state index in [1.165, 1.54) is 6.07 Å². The monoisotopic (exact) mass is 351 g/mol. The molecule has 130 valence electrons. The molecule has 8 heteroatoms. The molecule has 1 saturated carbocycles. The van der Waals surface area contributed by atoms with Crippen LogP contribution in [0.25, 0.3) is 5.78 Å². The van der Waals surface area contributed by atoms with E-state index in [2.05, 4.69) is 9.97 Å². The van der Waals surface area contributed by atoms with E-state index in [-0.39, 0.29) is 0 Å². The van der Waals surface area contributed by atoms with E-state index in [1.807, 2.05) is 0 Å². The Morgan fingerprint density at radius 2 is 1.96 bits per heavy atom. The summed E-state index contributed by atoms with van der Waals surface area (Å²) >= 11 is 0. The summed E-state index contributed by atoms with van der Waals surface area (Å²) in [7, 11) is 0. The molecule has 2 aromatic heterocycles. The molecule has 0 aliphatic heterocycles. The lowest BCUT2D eigenvalue weighted by Gasteiger charge is -2.20. The molecule has 1 aliphatic carbocycles. The normalized spacial score (nSPS) is 16.2. The van der Waals surface area contributed by atoms with Gasteiger partial charge in [-0.05, 0) is 37.5 Å². The number of hydrogen-bond donors (Lipinski definition) is 0. The minimum absolute atomic E-state index is 0.390. The minimum atomic E-state index is -4.72. The lowest BCUT2D eigenvalue weighted by atomic mass is 10.0. The molecule has 0 bridgehead atoms. The van der Waals surface area contributed by atoms with Crippen molar-refractivity contribution in [1.29, 1.82) is 0 Å². The second-order valence-corrected chi connectivity index (χ2v) is 6.12. The lowest BCUT2D eigenvalue weighted by molar-refractivity contribution is -0.140. The zero-order valence-electron chi connectivity index (χ0n) is 13.1. The molecule has 25 heavy (non-hydrogen) atoms. The number of rotatable bonds is 3. The van der Waals surface area contributed by atoms with Gasteiger partial charge >= 0.3 is 6.18 Å². The van der Waals surface area contributed by atoms with Crippen LogP contribution in [0.1, 0.15) is 29.7 Å². The largest absolute Gasteiger partial charge is 0.467 e. The van der Waals surface area contributed by atoms with Gasteiger partial charge in [0, 0.05) is 24.2 Å². The van der Waals surface area contributed by atoms with Gasteiger partial charge in [0.25, 0.3) is 0 Å². The zero-order valence-corrected chi connectivity index (χ0v) is 13.1. The van der Waals surface area contributed by atoms with E-state index < -0.39 is 23.2 Å². The van der Waals surface area contributed by atoms with Crippen molar-refractivity contribution in [2.75, 3.05) is 0 Å². The SMILES string of the molecule is Cc1cc(OC2(c3ccc(C(F)(F)F)c(F)c3)CC2)n2ccnc2n1. The van der Waals surface area contributed by atoms with Crippen molar-refractivity contribution in [3.05, 3.63) is 59.3 Å². The van der Waals surface area contributed by atoms with E-state index in [0.29, 0.717) is 35.8 Å². The van der Waals surface area contributed by atoms with Crippen LogP contribution in [0.2, 0.25) is 0 Å². The average molecular weight is 351 g/mol. The van der Waals surface area contributed by atoms with Crippen molar-refractivity contribution in [3.63, 3.8) is 0 Å². The summed E-state index contributed by atoms with van der Waals surface area (Å²) in [6, 6.07) is 4.67. The summed E-state index contributed by atoms with van der Waals surface area (Å²) in [5.74, 6) is -0.360. The van der Waals surface area contributed by atoms with Crippen molar-refractivity contribution >= 4 is 5.78 Å². The molecule has 0 radical (unpaired) electrons. The van der Waals surface area contributed by atoms with E-state index in [4.69, 9.17) is 4.74 Å². The first-order valence-corrected chi connectivity index (χ1v) is 7.65. The van der Waals surface area contributed by atoms with E-state index >= 15 is 0 Å². The molecule has 0 unspecified atom stereocenters. The number of alkyl halides is 3. The molecule has 1 aromatic carbocycles. The highest BCUT2D eigenvalue weighted by Gasteiger charge is 2.48. The molecule has 4 nitrogen and oxygen atoms in total. The number of hydrogen-bond acceptors (Lipinski definition) is 3. The van der Waals surface area contributed by atoms with Gasteiger partial charge in [-0.15, -0.1) is 0 Å². The van der Waals surface area contributed by atoms with Gasteiger partial charge in [0.15, 0.2) is 0 Å². The molecular formula is C17H13F4N3O. The maximum absolute atomic E-state index is 13.9. The second kappa shape index (κ2) is 5.18. The molecule has 0 atom stereocenters. The summed E-state index contributed by atoms with van der Waals surface area (Å²) < 4.78 is 59.8. The molecule has 0 amide bonds. The van der Waals surface area contributed by atoms with Crippen LogP contribution in [0.15, 0.2) is 36.7 Å².